The van der Waals surface area contributed by atoms with Crippen LogP contribution < -0.4 is 10.2 Å². The molecule has 2 aromatic rings. The first-order valence-corrected chi connectivity index (χ1v) is 7.05. The van der Waals surface area contributed by atoms with Gasteiger partial charge in [-0.1, -0.05) is 13.0 Å². The number of likely N-dealkylation sites (N-methyl/N-ethyl adjacent to an activating group) is 1. The molecule has 2 aromatic heterocycles. The van der Waals surface area contributed by atoms with Gasteiger partial charge in [-0.05, 0) is 42.3 Å². The minimum absolute atomic E-state index is 0.879. The highest BCUT2D eigenvalue weighted by Crippen LogP contribution is 2.10. The van der Waals surface area contributed by atoms with Gasteiger partial charge < -0.3 is 10.2 Å². The van der Waals surface area contributed by atoms with Crippen molar-refractivity contribution < 1.29 is 0 Å². The van der Waals surface area contributed by atoms with Crippen LogP contribution in [0.2, 0.25) is 0 Å². The second-order valence-corrected chi connectivity index (χ2v) is 4.83. The van der Waals surface area contributed by atoms with E-state index in [1.165, 1.54) is 11.1 Å². The number of rotatable bonds is 7. The predicted molar refractivity (Wildman–Crippen MR) is 82.8 cm³/mol. The molecule has 4 heteroatoms. The maximum atomic E-state index is 4.52. The van der Waals surface area contributed by atoms with E-state index in [4.69, 9.17) is 0 Å². The van der Waals surface area contributed by atoms with Crippen molar-refractivity contribution in [2.75, 3.05) is 25.0 Å². The molecule has 0 unspecified atom stereocenters. The van der Waals surface area contributed by atoms with Crippen molar-refractivity contribution in [3.8, 4) is 0 Å². The molecule has 2 heterocycles. The predicted octanol–water partition coefficient (Wildman–Crippen LogP) is 2.27. The van der Waals surface area contributed by atoms with Crippen LogP contribution in [-0.4, -0.2) is 30.1 Å². The summed E-state index contributed by atoms with van der Waals surface area (Å²) in [7, 11) is 2.08. The summed E-state index contributed by atoms with van der Waals surface area (Å²) in [5, 5.41) is 3.30. The van der Waals surface area contributed by atoms with Gasteiger partial charge in [0, 0.05) is 38.7 Å². The highest BCUT2D eigenvalue weighted by atomic mass is 15.2. The van der Waals surface area contributed by atoms with Gasteiger partial charge in [-0.25, -0.2) is 4.98 Å². The normalized spacial score (nSPS) is 10.5. The highest BCUT2D eigenvalue weighted by molar-refractivity contribution is 5.38. The lowest BCUT2D eigenvalue weighted by Crippen LogP contribution is -2.21. The van der Waals surface area contributed by atoms with Crippen LogP contribution in [0.4, 0.5) is 5.82 Å². The molecule has 0 bridgehead atoms. The molecule has 1 N–H and O–H groups in total. The minimum atomic E-state index is 0.879. The maximum Gasteiger partial charge on any atom is 0.128 e. The molecule has 0 saturated heterocycles. The van der Waals surface area contributed by atoms with Crippen molar-refractivity contribution >= 4 is 5.82 Å². The van der Waals surface area contributed by atoms with E-state index in [1.807, 2.05) is 18.6 Å². The van der Waals surface area contributed by atoms with Gasteiger partial charge in [0.05, 0.1) is 0 Å². The minimum Gasteiger partial charge on any atom is -0.359 e. The van der Waals surface area contributed by atoms with E-state index in [0.717, 1.165) is 31.9 Å². The SMILES string of the molecule is CCNCc1ccc(N(C)CCc2ccncc2)nc1. The van der Waals surface area contributed by atoms with E-state index >= 15 is 0 Å². The van der Waals surface area contributed by atoms with Crippen LogP contribution >= 0.6 is 0 Å². The average molecular weight is 270 g/mol. The Morgan fingerprint density at radius 3 is 2.55 bits per heavy atom. The number of hydrogen-bond donors (Lipinski definition) is 1. The molecule has 0 aliphatic carbocycles. The van der Waals surface area contributed by atoms with Crippen LogP contribution in [0.5, 0.6) is 0 Å². The van der Waals surface area contributed by atoms with E-state index in [1.54, 1.807) is 0 Å². The Morgan fingerprint density at radius 1 is 1.10 bits per heavy atom. The third-order valence-corrected chi connectivity index (χ3v) is 3.26. The Hall–Kier alpha value is -1.94. The molecule has 0 fully saturated rings. The number of aromatic nitrogens is 2. The van der Waals surface area contributed by atoms with Crippen LogP contribution in [0.25, 0.3) is 0 Å². The summed E-state index contributed by atoms with van der Waals surface area (Å²) >= 11 is 0. The summed E-state index contributed by atoms with van der Waals surface area (Å²) in [6.07, 6.45) is 6.62. The monoisotopic (exact) mass is 270 g/mol. The van der Waals surface area contributed by atoms with Crippen LogP contribution in [0.1, 0.15) is 18.1 Å². The standard InChI is InChI=1S/C16H22N4/c1-3-17-12-15-4-5-16(19-13-15)20(2)11-8-14-6-9-18-10-7-14/h4-7,9-10,13,17H,3,8,11-12H2,1-2H3. The van der Waals surface area contributed by atoms with Crippen molar-refractivity contribution in [1.29, 1.82) is 0 Å². The van der Waals surface area contributed by atoms with Crippen molar-refractivity contribution in [2.24, 2.45) is 0 Å². The van der Waals surface area contributed by atoms with Crippen LogP contribution in [0, 0.1) is 0 Å². The van der Waals surface area contributed by atoms with Crippen molar-refractivity contribution in [2.45, 2.75) is 19.9 Å². The molecule has 0 atom stereocenters. The topological polar surface area (TPSA) is 41.0 Å². The molecular formula is C16H22N4. The molecule has 4 nitrogen and oxygen atoms in total. The molecule has 0 saturated carbocycles. The number of hydrogen-bond acceptors (Lipinski definition) is 4. The molecular weight excluding hydrogens is 248 g/mol. The third kappa shape index (κ3) is 4.31. The van der Waals surface area contributed by atoms with Crippen molar-refractivity contribution in [3.05, 3.63) is 54.0 Å². The zero-order valence-electron chi connectivity index (χ0n) is 12.2. The molecule has 0 aliphatic rings. The van der Waals surface area contributed by atoms with Gasteiger partial charge in [-0.3, -0.25) is 4.98 Å². The smallest absolute Gasteiger partial charge is 0.128 e. The van der Waals surface area contributed by atoms with Crippen LogP contribution in [-0.2, 0) is 13.0 Å². The fourth-order valence-corrected chi connectivity index (χ4v) is 1.98. The zero-order chi connectivity index (χ0) is 14.2. The van der Waals surface area contributed by atoms with Gasteiger partial charge in [0.15, 0.2) is 0 Å². The molecule has 106 valence electrons. The lowest BCUT2D eigenvalue weighted by atomic mass is 10.2. The average Bonchev–Trinajstić information content (AvgIpc) is 2.52. The van der Waals surface area contributed by atoms with E-state index in [2.05, 4.69) is 58.4 Å². The maximum absolute atomic E-state index is 4.52. The molecule has 0 radical (unpaired) electrons. The van der Waals surface area contributed by atoms with E-state index in [9.17, 15) is 0 Å². The molecule has 0 aromatic carbocycles. The second kappa shape index (κ2) is 7.60. The fourth-order valence-electron chi connectivity index (χ4n) is 1.98. The van der Waals surface area contributed by atoms with E-state index < -0.39 is 0 Å². The van der Waals surface area contributed by atoms with Gasteiger partial charge >= 0.3 is 0 Å². The third-order valence-electron chi connectivity index (χ3n) is 3.26. The molecule has 0 spiro atoms. The quantitative estimate of drug-likeness (QED) is 0.838. The first-order chi connectivity index (χ1) is 9.79. The lowest BCUT2D eigenvalue weighted by molar-refractivity contribution is 0.724. The van der Waals surface area contributed by atoms with Gasteiger partial charge in [0.1, 0.15) is 5.82 Å². The highest BCUT2D eigenvalue weighted by Gasteiger charge is 2.03. The van der Waals surface area contributed by atoms with Gasteiger partial charge in [0.25, 0.3) is 0 Å². The van der Waals surface area contributed by atoms with E-state index in [-0.39, 0.29) is 0 Å². The fraction of sp³-hybridized carbons (Fsp3) is 0.375. The summed E-state index contributed by atoms with van der Waals surface area (Å²) in [6, 6.07) is 8.33. The van der Waals surface area contributed by atoms with Gasteiger partial charge in [-0.15, -0.1) is 0 Å². The Balaban J connectivity index is 1.87. The summed E-state index contributed by atoms with van der Waals surface area (Å²) in [5.41, 5.74) is 2.52. The van der Waals surface area contributed by atoms with Crippen LogP contribution in [0.3, 0.4) is 0 Å². The number of pyridine rings is 2. The van der Waals surface area contributed by atoms with E-state index in [0.29, 0.717) is 0 Å². The first-order valence-electron chi connectivity index (χ1n) is 7.05. The Bertz CT molecular complexity index is 496. The molecule has 2 rings (SSSR count). The molecule has 0 aliphatic heterocycles. The number of anilines is 1. The zero-order valence-corrected chi connectivity index (χ0v) is 12.2. The second-order valence-electron chi connectivity index (χ2n) is 4.83. The van der Waals surface area contributed by atoms with Gasteiger partial charge in [-0.2, -0.15) is 0 Å². The number of nitrogens with one attached hydrogen (secondary N) is 1. The summed E-state index contributed by atoms with van der Waals surface area (Å²) in [4.78, 5) is 10.7. The van der Waals surface area contributed by atoms with Crippen molar-refractivity contribution in [1.82, 2.24) is 15.3 Å². The Morgan fingerprint density at radius 2 is 1.90 bits per heavy atom. The van der Waals surface area contributed by atoms with Crippen molar-refractivity contribution in [3.63, 3.8) is 0 Å². The summed E-state index contributed by atoms with van der Waals surface area (Å²) < 4.78 is 0. The lowest BCUT2D eigenvalue weighted by Gasteiger charge is -2.18. The van der Waals surface area contributed by atoms with Crippen LogP contribution in [0.15, 0.2) is 42.9 Å². The largest absolute Gasteiger partial charge is 0.359 e. The summed E-state index contributed by atoms with van der Waals surface area (Å²) in [5.74, 6) is 1.01. The Labute approximate surface area is 120 Å². The summed E-state index contributed by atoms with van der Waals surface area (Å²) in [6.45, 7) is 4.91. The molecule has 0 amide bonds. The molecule has 20 heavy (non-hydrogen) atoms. The van der Waals surface area contributed by atoms with Gasteiger partial charge in [0.2, 0.25) is 0 Å². The first kappa shape index (κ1) is 14.5. The number of nitrogens with zero attached hydrogens (tertiary/aromatic N) is 3. The Kier molecular flexibility index (Phi) is 5.50.